The number of unbranched alkanes of at least 4 members (excludes halogenated alkanes) is 17. The molecule has 0 aliphatic rings. The summed E-state index contributed by atoms with van der Waals surface area (Å²) in [4.78, 5) is 34.6. The van der Waals surface area contributed by atoms with Crippen molar-refractivity contribution in [2.75, 3.05) is 26.4 Å². The molecule has 46 heavy (non-hydrogen) atoms. The number of phosphoric ester groups is 1. The molecule has 0 saturated carbocycles. The molecule has 0 bridgehead atoms. The van der Waals surface area contributed by atoms with Gasteiger partial charge in [0.25, 0.3) is 0 Å². The highest BCUT2D eigenvalue weighted by Gasteiger charge is 2.25. The second kappa shape index (κ2) is 33.4. The molecule has 0 aromatic heterocycles. The first kappa shape index (κ1) is 44.5. The van der Waals surface area contributed by atoms with Crippen LogP contribution in [0.15, 0.2) is 24.3 Å². The smallest absolute Gasteiger partial charge is 0.462 e. The Morgan fingerprint density at radius 1 is 0.652 bits per heavy atom. The van der Waals surface area contributed by atoms with Gasteiger partial charge in [-0.25, -0.2) is 4.57 Å². The van der Waals surface area contributed by atoms with Crippen LogP contribution in [0.2, 0.25) is 0 Å². The Labute approximate surface area is 281 Å². The van der Waals surface area contributed by atoms with E-state index in [0.29, 0.717) is 6.42 Å². The molecule has 10 heteroatoms. The molecule has 0 amide bonds. The summed E-state index contributed by atoms with van der Waals surface area (Å²) in [6.07, 6.45) is 32.1. The lowest BCUT2D eigenvalue weighted by molar-refractivity contribution is -0.161. The first-order valence-corrected chi connectivity index (χ1v) is 19.8. The zero-order valence-corrected chi connectivity index (χ0v) is 30.2. The number of hydrogen-bond acceptors (Lipinski definition) is 8. The minimum Gasteiger partial charge on any atom is -0.462 e. The predicted octanol–water partition coefficient (Wildman–Crippen LogP) is 9.66. The Hall–Kier alpha value is -1.51. The zero-order valence-electron chi connectivity index (χ0n) is 29.3. The van der Waals surface area contributed by atoms with E-state index in [0.717, 1.165) is 64.2 Å². The van der Waals surface area contributed by atoms with E-state index in [4.69, 9.17) is 24.3 Å². The van der Waals surface area contributed by atoms with Crippen molar-refractivity contribution in [1.29, 1.82) is 0 Å². The monoisotopic (exact) mass is 673 g/mol. The van der Waals surface area contributed by atoms with Gasteiger partial charge in [0.05, 0.1) is 13.2 Å². The summed E-state index contributed by atoms with van der Waals surface area (Å²) in [6, 6.07) is 0. The molecule has 270 valence electrons. The fourth-order valence-corrected chi connectivity index (χ4v) is 5.60. The van der Waals surface area contributed by atoms with Crippen LogP contribution in [0, 0.1) is 0 Å². The summed E-state index contributed by atoms with van der Waals surface area (Å²) in [7, 11) is -4.37. The quantitative estimate of drug-likeness (QED) is 0.0296. The molecule has 1 unspecified atom stereocenters. The third-order valence-electron chi connectivity index (χ3n) is 7.59. The van der Waals surface area contributed by atoms with Gasteiger partial charge in [0.1, 0.15) is 6.61 Å². The summed E-state index contributed by atoms with van der Waals surface area (Å²) in [5, 5.41) is 0. The van der Waals surface area contributed by atoms with Gasteiger partial charge < -0.3 is 20.1 Å². The fraction of sp³-hybridized carbons (Fsp3) is 0.833. The fourth-order valence-electron chi connectivity index (χ4n) is 4.84. The SMILES string of the molecule is CCCCC/C=C\C/C=C\CCCCCCCC(=O)OC[C@H](COP(=O)(O)OCCN)OC(=O)CCCCCCCCCCCC. The van der Waals surface area contributed by atoms with Gasteiger partial charge in [0, 0.05) is 19.4 Å². The Morgan fingerprint density at radius 2 is 1.13 bits per heavy atom. The van der Waals surface area contributed by atoms with E-state index in [1.807, 2.05) is 0 Å². The summed E-state index contributed by atoms with van der Waals surface area (Å²) < 4.78 is 32.5. The van der Waals surface area contributed by atoms with E-state index in [1.165, 1.54) is 64.2 Å². The van der Waals surface area contributed by atoms with Crippen LogP contribution < -0.4 is 5.73 Å². The van der Waals surface area contributed by atoms with Crippen molar-refractivity contribution >= 4 is 19.8 Å². The Morgan fingerprint density at radius 3 is 1.70 bits per heavy atom. The van der Waals surface area contributed by atoms with Gasteiger partial charge in [-0.2, -0.15) is 0 Å². The van der Waals surface area contributed by atoms with E-state index >= 15 is 0 Å². The third kappa shape index (κ3) is 32.4. The van der Waals surface area contributed by atoms with Gasteiger partial charge in [-0.05, 0) is 44.9 Å². The minimum absolute atomic E-state index is 0.0525. The number of allylic oxidation sites excluding steroid dienone is 4. The predicted molar refractivity (Wildman–Crippen MR) is 187 cm³/mol. The molecule has 0 aliphatic carbocycles. The van der Waals surface area contributed by atoms with Crippen LogP contribution in [0.4, 0.5) is 0 Å². The third-order valence-corrected chi connectivity index (χ3v) is 8.57. The van der Waals surface area contributed by atoms with E-state index in [9.17, 15) is 19.0 Å². The van der Waals surface area contributed by atoms with Gasteiger partial charge in [0.2, 0.25) is 0 Å². The van der Waals surface area contributed by atoms with Crippen molar-refractivity contribution in [1.82, 2.24) is 0 Å². The molecule has 0 radical (unpaired) electrons. The molecule has 9 nitrogen and oxygen atoms in total. The van der Waals surface area contributed by atoms with Gasteiger partial charge in [-0.3, -0.25) is 18.6 Å². The second-order valence-electron chi connectivity index (χ2n) is 12.1. The van der Waals surface area contributed by atoms with Crippen molar-refractivity contribution < 1.29 is 37.6 Å². The van der Waals surface area contributed by atoms with Crippen molar-refractivity contribution in [3.8, 4) is 0 Å². The van der Waals surface area contributed by atoms with Gasteiger partial charge in [-0.15, -0.1) is 0 Å². The maximum Gasteiger partial charge on any atom is 0.472 e. The highest BCUT2D eigenvalue weighted by molar-refractivity contribution is 7.47. The van der Waals surface area contributed by atoms with Crippen LogP contribution in [0.5, 0.6) is 0 Å². The first-order valence-electron chi connectivity index (χ1n) is 18.3. The largest absolute Gasteiger partial charge is 0.472 e. The van der Waals surface area contributed by atoms with Crippen LogP contribution in [-0.2, 0) is 32.7 Å². The number of rotatable bonds is 34. The number of carbonyl (C=O) groups excluding carboxylic acids is 2. The number of nitrogens with two attached hydrogens (primary N) is 1. The molecule has 0 spiro atoms. The minimum atomic E-state index is -4.37. The van der Waals surface area contributed by atoms with Crippen LogP contribution in [0.1, 0.15) is 162 Å². The van der Waals surface area contributed by atoms with Crippen molar-refractivity contribution in [3.63, 3.8) is 0 Å². The van der Waals surface area contributed by atoms with Crippen LogP contribution in [0.3, 0.4) is 0 Å². The van der Waals surface area contributed by atoms with Crippen LogP contribution in [-0.4, -0.2) is 49.3 Å². The molecule has 3 N–H and O–H groups in total. The Kier molecular flexibility index (Phi) is 32.3. The highest BCUT2D eigenvalue weighted by Crippen LogP contribution is 2.43. The lowest BCUT2D eigenvalue weighted by atomic mass is 10.1. The maximum absolute atomic E-state index is 12.5. The normalized spacial score (nSPS) is 13.7. The topological polar surface area (TPSA) is 134 Å². The molecule has 0 heterocycles. The van der Waals surface area contributed by atoms with E-state index in [1.54, 1.807) is 0 Å². The maximum atomic E-state index is 12.5. The lowest BCUT2D eigenvalue weighted by Crippen LogP contribution is -2.29. The molecular weight excluding hydrogens is 605 g/mol. The molecule has 2 atom stereocenters. The van der Waals surface area contributed by atoms with Crippen molar-refractivity contribution in [2.24, 2.45) is 5.73 Å². The lowest BCUT2D eigenvalue weighted by Gasteiger charge is -2.19. The average Bonchev–Trinajstić information content (AvgIpc) is 3.04. The van der Waals surface area contributed by atoms with Crippen LogP contribution >= 0.6 is 7.82 Å². The number of esters is 2. The van der Waals surface area contributed by atoms with Crippen molar-refractivity contribution in [2.45, 2.75) is 168 Å². The molecular formula is C36H68NO8P. The van der Waals surface area contributed by atoms with Crippen molar-refractivity contribution in [3.05, 3.63) is 24.3 Å². The van der Waals surface area contributed by atoms with E-state index < -0.39 is 32.5 Å². The number of hydrogen-bond donors (Lipinski definition) is 2. The summed E-state index contributed by atoms with van der Waals surface area (Å²) >= 11 is 0. The summed E-state index contributed by atoms with van der Waals surface area (Å²) in [5.41, 5.74) is 5.32. The van der Waals surface area contributed by atoms with Gasteiger partial charge in [-0.1, -0.05) is 128 Å². The second-order valence-corrected chi connectivity index (χ2v) is 13.5. The van der Waals surface area contributed by atoms with Crippen LogP contribution in [0.25, 0.3) is 0 Å². The number of ether oxygens (including phenoxy) is 2. The Bertz CT molecular complexity index is 820. The Balaban J connectivity index is 4.24. The molecule has 0 saturated heterocycles. The molecule has 0 rings (SSSR count). The van der Waals surface area contributed by atoms with E-state index in [2.05, 4.69) is 38.2 Å². The van der Waals surface area contributed by atoms with Gasteiger partial charge in [0.15, 0.2) is 6.10 Å². The van der Waals surface area contributed by atoms with Gasteiger partial charge >= 0.3 is 19.8 Å². The molecule has 0 fully saturated rings. The number of carbonyl (C=O) groups is 2. The molecule has 0 aliphatic heterocycles. The van der Waals surface area contributed by atoms with E-state index in [-0.39, 0.29) is 32.6 Å². The standard InChI is InChI=1S/C36H68NO8P/c1-3-5-7-9-11-13-15-16-17-18-19-21-22-24-26-28-35(38)42-32-34(33-44-46(40,41)43-31-30-37)45-36(39)29-27-25-23-20-14-12-10-8-6-4-2/h11,13,16-17,34H,3-10,12,14-15,18-33,37H2,1-2H3,(H,40,41)/b13-11-,17-16-/t34-/m1/s1. The summed E-state index contributed by atoms with van der Waals surface area (Å²) in [5.74, 6) is -0.846. The first-order chi connectivity index (χ1) is 22.3. The zero-order chi connectivity index (χ0) is 34.0. The summed E-state index contributed by atoms with van der Waals surface area (Å²) in [6.45, 7) is 3.66. The average molecular weight is 674 g/mol. The molecule has 0 aromatic rings. The highest BCUT2D eigenvalue weighted by atomic mass is 31.2. The number of phosphoric acid groups is 1. The molecule has 0 aromatic carbocycles.